The molecule has 2 rings (SSSR count). The van der Waals surface area contributed by atoms with Crippen LogP contribution in [0.1, 0.15) is 36.7 Å². The maximum Gasteiger partial charge on any atom is 0.303 e. The highest BCUT2D eigenvalue weighted by molar-refractivity contribution is 9.10. The van der Waals surface area contributed by atoms with E-state index in [-0.39, 0.29) is 6.42 Å². The zero-order chi connectivity index (χ0) is 13.1. The summed E-state index contributed by atoms with van der Waals surface area (Å²) in [7, 11) is 1.91. The van der Waals surface area contributed by atoms with Crippen LogP contribution in [0.3, 0.4) is 0 Å². The maximum absolute atomic E-state index is 10.6. The second kappa shape index (κ2) is 5.84. The van der Waals surface area contributed by atoms with E-state index in [1.54, 1.807) is 0 Å². The van der Waals surface area contributed by atoms with Crippen LogP contribution in [0.5, 0.6) is 0 Å². The zero-order valence-electron chi connectivity index (χ0n) is 10.4. The maximum atomic E-state index is 10.6. The molecule has 5 nitrogen and oxygen atoms in total. The average Bonchev–Trinajstić information content (AvgIpc) is 2.65. The van der Waals surface area contributed by atoms with E-state index in [9.17, 15) is 4.79 Å². The molecule has 0 unspecified atom stereocenters. The number of hydrogen-bond acceptors (Lipinski definition) is 3. The summed E-state index contributed by atoms with van der Waals surface area (Å²) >= 11 is 3.56. The molecule has 100 valence electrons. The Balaban J connectivity index is 2.15. The second-order valence-electron chi connectivity index (χ2n) is 4.54. The van der Waals surface area contributed by atoms with E-state index < -0.39 is 5.97 Å². The van der Waals surface area contributed by atoms with Crippen molar-refractivity contribution in [1.82, 2.24) is 9.55 Å². The molecule has 1 aliphatic rings. The number of carboxylic acid groups (broad SMARTS) is 1. The van der Waals surface area contributed by atoms with Gasteiger partial charge in [-0.3, -0.25) is 4.79 Å². The molecule has 0 spiro atoms. The first-order valence-electron chi connectivity index (χ1n) is 6.10. The first-order valence-corrected chi connectivity index (χ1v) is 6.89. The van der Waals surface area contributed by atoms with Gasteiger partial charge in [-0.15, -0.1) is 0 Å². The number of aliphatic carboxylic acids is 1. The van der Waals surface area contributed by atoms with E-state index in [4.69, 9.17) is 9.84 Å². The number of carbonyl (C=O) groups is 1. The highest BCUT2D eigenvalue weighted by atomic mass is 79.9. The number of aryl methyl sites for hydroxylation is 1. The summed E-state index contributed by atoms with van der Waals surface area (Å²) in [6.07, 6.45) is 2.54. The van der Waals surface area contributed by atoms with Gasteiger partial charge in [0.15, 0.2) is 0 Å². The van der Waals surface area contributed by atoms with Crippen molar-refractivity contribution in [3.8, 4) is 0 Å². The molecule has 1 fully saturated rings. The standard InChI is InChI=1S/C12H17BrN2O3/c1-15-9(2-3-10(16)17)14-11(12(15)13)8-4-6-18-7-5-8/h8H,2-7H2,1H3,(H,16,17). The van der Waals surface area contributed by atoms with Crippen molar-refractivity contribution < 1.29 is 14.6 Å². The lowest BCUT2D eigenvalue weighted by molar-refractivity contribution is -0.137. The molecule has 1 N–H and O–H groups in total. The van der Waals surface area contributed by atoms with Gasteiger partial charge in [0.05, 0.1) is 12.1 Å². The molecular formula is C12H17BrN2O3. The number of carboxylic acids is 1. The van der Waals surface area contributed by atoms with Crippen LogP contribution < -0.4 is 0 Å². The molecule has 0 aromatic carbocycles. The molecule has 0 saturated carbocycles. The van der Waals surface area contributed by atoms with Gasteiger partial charge in [-0.05, 0) is 28.8 Å². The summed E-state index contributed by atoms with van der Waals surface area (Å²) in [5, 5.41) is 8.73. The van der Waals surface area contributed by atoms with Crippen molar-refractivity contribution in [3.63, 3.8) is 0 Å². The molecule has 0 amide bonds. The van der Waals surface area contributed by atoms with E-state index in [0.29, 0.717) is 12.3 Å². The summed E-state index contributed by atoms with van der Waals surface area (Å²) in [5.41, 5.74) is 1.04. The molecule has 1 aliphatic heterocycles. The van der Waals surface area contributed by atoms with Crippen LogP contribution in [0.25, 0.3) is 0 Å². The first-order chi connectivity index (χ1) is 8.59. The van der Waals surface area contributed by atoms with Crippen LogP contribution in [-0.2, 0) is 23.0 Å². The fourth-order valence-electron chi connectivity index (χ4n) is 2.22. The van der Waals surface area contributed by atoms with Gasteiger partial charge in [-0.2, -0.15) is 0 Å². The zero-order valence-corrected chi connectivity index (χ0v) is 11.9. The fourth-order valence-corrected chi connectivity index (χ4v) is 2.84. The average molecular weight is 317 g/mol. The number of imidazole rings is 1. The van der Waals surface area contributed by atoms with Crippen molar-refractivity contribution in [2.75, 3.05) is 13.2 Å². The van der Waals surface area contributed by atoms with Crippen LogP contribution in [-0.4, -0.2) is 33.8 Å². The van der Waals surface area contributed by atoms with Crippen molar-refractivity contribution in [1.29, 1.82) is 0 Å². The van der Waals surface area contributed by atoms with Gasteiger partial charge in [0.25, 0.3) is 0 Å². The molecular weight excluding hydrogens is 300 g/mol. The van der Waals surface area contributed by atoms with E-state index in [1.165, 1.54) is 0 Å². The molecule has 18 heavy (non-hydrogen) atoms. The Morgan fingerprint density at radius 1 is 1.56 bits per heavy atom. The Hall–Kier alpha value is -0.880. The predicted octanol–water partition coefficient (Wildman–Crippen LogP) is 2.09. The largest absolute Gasteiger partial charge is 0.481 e. The number of aromatic nitrogens is 2. The van der Waals surface area contributed by atoms with Gasteiger partial charge in [0.2, 0.25) is 0 Å². The lowest BCUT2D eigenvalue weighted by Crippen LogP contribution is -2.14. The van der Waals surface area contributed by atoms with Gasteiger partial charge in [-0.25, -0.2) is 4.98 Å². The van der Waals surface area contributed by atoms with Crippen molar-refractivity contribution in [2.24, 2.45) is 7.05 Å². The Morgan fingerprint density at radius 3 is 2.83 bits per heavy atom. The topological polar surface area (TPSA) is 64.4 Å². The summed E-state index contributed by atoms with van der Waals surface area (Å²) < 4.78 is 8.26. The Morgan fingerprint density at radius 2 is 2.22 bits per heavy atom. The minimum absolute atomic E-state index is 0.116. The van der Waals surface area contributed by atoms with Crippen LogP contribution in [0.2, 0.25) is 0 Å². The molecule has 0 radical (unpaired) electrons. The second-order valence-corrected chi connectivity index (χ2v) is 5.29. The van der Waals surface area contributed by atoms with Crippen molar-refractivity contribution in [3.05, 3.63) is 16.1 Å². The van der Waals surface area contributed by atoms with E-state index >= 15 is 0 Å². The SMILES string of the molecule is Cn1c(CCC(=O)O)nc(C2CCOCC2)c1Br. The Kier molecular flexibility index (Phi) is 4.40. The number of ether oxygens (including phenoxy) is 1. The van der Waals surface area contributed by atoms with E-state index in [0.717, 1.165) is 42.2 Å². The summed E-state index contributed by atoms with van der Waals surface area (Å²) in [4.78, 5) is 15.2. The van der Waals surface area contributed by atoms with Crippen LogP contribution in [0, 0.1) is 0 Å². The number of halogens is 1. The quantitative estimate of drug-likeness (QED) is 0.923. The molecule has 1 aromatic rings. The molecule has 0 atom stereocenters. The lowest BCUT2D eigenvalue weighted by atomic mass is 9.97. The normalized spacial score (nSPS) is 17.0. The third-order valence-electron chi connectivity index (χ3n) is 3.31. The van der Waals surface area contributed by atoms with Gasteiger partial charge in [-0.1, -0.05) is 0 Å². The predicted molar refractivity (Wildman–Crippen MR) is 69.7 cm³/mol. The van der Waals surface area contributed by atoms with Crippen LogP contribution in [0.15, 0.2) is 4.60 Å². The minimum Gasteiger partial charge on any atom is -0.481 e. The Bertz CT molecular complexity index is 439. The van der Waals surface area contributed by atoms with E-state index in [2.05, 4.69) is 20.9 Å². The first kappa shape index (κ1) is 13.5. The highest BCUT2D eigenvalue weighted by Crippen LogP contribution is 2.32. The van der Waals surface area contributed by atoms with Gasteiger partial charge in [0.1, 0.15) is 10.4 Å². The van der Waals surface area contributed by atoms with Gasteiger partial charge >= 0.3 is 5.97 Å². The number of nitrogens with zero attached hydrogens (tertiary/aromatic N) is 2. The summed E-state index contributed by atoms with van der Waals surface area (Å²) in [6, 6.07) is 0. The molecule has 2 heterocycles. The third-order valence-corrected chi connectivity index (χ3v) is 4.25. The smallest absolute Gasteiger partial charge is 0.303 e. The number of hydrogen-bond donors (Lipinski definition) is 1. The van der Waals surface area contributed by atoms with Gasteiger partial charge < -0.3 is 14.4 Å². The summed E-state index contributed by atoms with van der Waals surface area (Å²) in [5.74, 6) is 0.449. The van der Waals surface area contributed by atoms with Crippen LogP contribution in [0.4, 0.5) is 0 Å². The number of rotatable bonds is 4. The Labute approximate surface area is 114 Å². The van der Waals surface area contributed by atoms with E-state index in [1.807, 2.05) is 11.6 Å². The highest BCUT2D eigenvalue weighted by Gasteiger charge is 2.23. The van der Waals surface area contributed by atoms with Crippen molar-refractivity contribution in [2.45, 2.75) is 31.6 Å². The van der Waals surface area contributed by atoms with Crippen molar-refractivity contribution >= 4 is 21.9 Å². The van der Waals surface area contributed by atoms with Crippen LogP contribution >= 0.6 is 15.9 Å². The van der Waals surface area contributed by atoms with Gasteiger partial charge in [0, 0.05) is 32.6 Å². The minimum atomic E-state index is -0.790. The molecule has 0 bridgehead atoms. The molecule has 6 heteroatoms. The monoisotopic (exact) mass is 316 g/mol. The fraction of sp³-hybridized carbons (Fsp3) is 0.667. The molecule has 1 aromatic heterocycles. The summed E-state index contributed by atoms with van der Waals surface area (Å²) in [6.45, 7) is 1.55. The lowest BCUT2D eigenvalue weighted by Gasteiger charge is -2.20. The molecule has 0 aliphatic carbocycles. The molecule has 1 saturated heterocycles. The third kappa shape index (κ3) is 2.92.